The van der Waals surface area contributed by atoms with E-state index in [-0.39, 0.29) is 5.78 Å². The maximum absolute atomic E-state index is 12.5. The molecule has 20 heavy (non-hydrogen) atoms. The van der Waals surface area contributed by atoms with Crippen LogP contribution in [0.3, 0.4) is 0 Å². The fraction of sp³-hybridized carbons (Fsp3) is 0.278. The number of rotatable bonds is 6. The standard InChI is InChI=1S/C18H20O2/c1-2-3-13-17(19)15-11-7-8-12-16(15)18(20)14-9-5-4-6-10-14/h4-12,17,19H,2-3,13H2,1H3. The number of ketones is 1. The van der Waals surface area contributed by atoms with Gasteiger partial charge in [0, 0.05) is 11.1 Å². The van der Waals surface area contributed by atoms with Gasteiger partial charge in [-0.15, -0.1) is 0 Å². The van der Waals surface area contributed by atoms with E-state index in [1.165, 1.54) is 0 Å². The van der Waals surface area contributed by atoms with Crippen molar-refractivity contribution in [2.24, 2.45) is 0 Å². The number of hydrogen-bond acceptors (Lipinski definition) is 2. The third-order valence-corrected chi connectivity index (χ3v) is 3.43. The lowest BCUT2D eigenvalue weighted by Crippen LogP contribution is -2.09. The van der Waals surface area contributed by atoms with Gasteiger partial charge in [0.05, 0.1) is 6.10 Å². The van der Waals surface area contributed by atoms with Crippen LogP contribution in [-0.2, 0) is 0 Å². The molecule has 0 bridgehead atoms. The zero-order valence-corrected chi connectivity index (χ0v) is 11.8. The van der Waals surface area contributed by atoms with E-state index >= 15 is 0 Å². The van der Waals surface area contributed by atoms with E-state index in [0.717, 1.165) is 18.4 Å². The molecule has 0 aliphatic carbocycles. The second-order valence-electron chi connectivity index (χ2n) is 4.94. The predicted molar refractivity (Wildman–Crippen MR) is 80.8 cm³/mol. The fourth-order valence-corrected chi connectivity index (χ4v) is 2.29. The van der Waals surface area contributed by atoms with E-state index in [1.807, 2.05) is 36.4 Å². The number of carbonyl (C=O) groups is 1. The topological polar surface area (TPSA) is 37.3 Å². The Morgan fingerprint density at radius 1 is 1.05 bits per heavy atom. The maximum atomic E-state index is 12.5. The molecule has 0 aliphatic rings. The van der Waals surface area contributed by atoms with Gasteiger partial charge in [-0.1, -0.05) is 74.4 Å². The van der Waals surface area contributed by atoms with Crippen molar-refractivity contribution in [3.05, 3.63) is 71.3 Å². The highest BCUT2D eigenvalue weighted by molar-refractivity contribution is 6.09. The normalized spacial score (nSPS) is 12.1. The van der Waals surface area contributed by atoms with Gasteiger partial charge in [0.2, 0.25) is 0 Å². The minimum atomic E-state index is -0.571. The second kappa shape index (κ2) is 7.01. The Bertz CT molecular complexity index is 561. The van der Waals surface area contributed by atoms with Crippen LogP contribution >= 0.6 is 0 Å². The van der Waals surface area contributed by atoms with Gasteiger partial charge in [0.1, 0.15) is 0 Å². The fourth-order valence-electron chi connectivity index (χ4n) is 2.29. The van der Waals surface area contributed by atoms with Crippen molar-refractivity contribution >= 4 is 5.78 Å². The Labute approximate surface area is 120 Å². The number of hydrogen-bond donors (Lipinski definition) is 1. The maximum Gasteiger partial charge on any atom is 0.193 e. The van der Waals surface area contributed by atoms with Crippen molar-refractivity contribution < 1.29 is 9.90 Å². The van der Waals surface area contributed by atoms with Gasteiger partial charge in [-0.2, -0.15) is 0 Å². The summed E-state index contributed by atoms with van der Waals surface area (Å²) in [4.78, 5) is 12.5. The molecule has 1 atom stereocenters. The quantitative estimate of drug-likeness (QED) is 0.799. The van der Waals surface area contributed by atoms with Crippen LogP contribution in [0.15, 0.2) is 54.6 Å². The summed E-state index contributed by atoms with van der Waals surface area (Å²) in [6.45, 7) is 2.09. The summed E-state index contributed by atoms with van der Waals surface area (Å²) in [6, 6.07) is 16.5. The molecule has 1 unspecified atom stereocenters. The van der Waals surface area contributed by atoms with Crippen molar-refractivity contribution in [1.29, 1.82) is 0 Å². The summed E-state index contributed by atoms with van der Waals surface area (Å²) in [5.41, 5.74) is 1.99. The van der Waals surface area contributed by atoms with E-state index in [2.05, 4.69) is 6.92 Å². The van der Waals surface area contributed by atoms with Crippen LogP contribution in [0, 0.1) is 0 Å². The summed E-state index contributed by atoms with van der Waals surface area (Å²) >= 11 is 0. The summed E-state index contributed by atoms with van der Waals surface area (Å²) in [7, 11) is 0. The number of aliphatic hydroxyl groups excluding tert-OH is 1. The first-order valence-electron chi connectivity index (χ1n) is 7.10. The number of carbonyl (C=O) groups excluding carboxylic acids is 1. The summed E-state index contributed by atoms with van der Waals surface area (Å²) in [5, 5.41) is 10.3. The van der Waals surface area contributed by atoms with Gasteiger partial charge in [0.15, 0.2) is 5.78 Å². The molecule has 2 heteroatoms. The minimum Gasteiger partial charge on any atom is -0.388 e. The molecule has 0 amide bonds. The molecule has 0 aromatic heterocycles. The molecule has 0 saturated carbocycles. The Morgan fingerprint density at radius 3 is 2.40 bits per heavy atom. The highest BCUT2D eigenvalue weighted by atomic mass is 16.3. The Kier molecular flexibility index (Phi) is 5.08. The molecule has 0 aliphatic heterocycles. The molecule has 2 rings (SSSR count). The molecule has 0 spiro atoms. The van der Waals surface area contributed by atoms with Crippen LogP contribution < -0.4 is 0 Å². The average molecular weight is 268 g/mol. The molecule has 2 aromatic rings. The first-order valence-corrected chi connectivity index (χ1v) is 7.10. The predicted octanol–water partition coefficient (Wildman–Crippen LogP) is 4.14. The van der Waals surface area contributed by atoms with Crippen LogP contribution in [0.2, 0.25) is 0 Å². The van der Waals surface area contributed by atoms with E-state index in [9.17, 15) is 9.90 Å². The molecular weight excluding hydrogens is 248 g/mol. The summed E-state index contributed by atoms with van der Waals surface area (Å²) < 4.78 is 0. The first kappa shape index (κ1) is 14.5. The summed E-state index contributed by atoms with van der Waals surface area (Å²) in [5.74, 6) is -0.0308. The SMILES string of the molecule is CCCCC(O)c1ccccc1C(=O)c1ccccc1. The molecule has 0 radical (unpaired) electrons. The highest BCUT2D eigenvalue weighted by Gasteiger charge is 2.17. The van der Waals surface area contributed by atoms with E-state index < -0.39 is 6.10 Å². The lowest BCUT2D eigenvalue weighted by molar-refractivity contribution is 0.102. The molecule has 1 N–H and O–H groups in total. The molecule has 0 heterocycles. The first-order chi connectivity index (χ1) is 9.74. The van der Waals surface area contributed by atoms with E-state index in [4.69, 9.17) is 0 Å². The smallest absolute Gasteiger partial charge is 0.193 e. The monoisotopic (exact) mass is 268 g/mol. The van der Waals surface area contributed by atoms with Crippen LogP contribution in [0.5, 0.6) is 0 Å². The molecule has 0 saturated heterocycles. The Hall–Kier alpha value is -1.93. The molecule has 2 nitrogen and oxygen atoms in total. The van der Waals surface area contributed by atoms with Crippen LogP contribution in [0.1, 0.15) is 53.8 Å². The number of aliphatic hydroxyl groups is 1. The molecule has 104 valence electrons. The lowest BCUT2D eigenvalue weighted by Gasteiger charge is -2.14. The lowest BCUT2D eigenvalue weighted by atomic mass is 9.93. The third kappa shape index (κ3) is 3.34. The van der Waals surface area contributed by atoms with E-state index in [1.54, 1.807) is 18.2 Å². The van der Waals surface area contributed by atoms with Gasteiger partial charge >= 0.3 is 0 Å². The van der Waals surface area contributed by atoms with E-state index in [0.29, 0.717) is 17.5 Å². The third-order valence-electron chi connectivity index (χ3n) is 3.43. The summed E-state index contributed by atoms with van der Waals surface area (Å²) in [6.07, 6.45) is 2.11. The second-order valence-corrected chi connectivity index (χ2v) is 4.94. The van der Waals surface area contributed by atoms with Crippen molar-refractivity contribution in [3.8, 4) is 0 Å². The highest BCUT2D eigenvalue weighted by Crippen LogP contribution is 2.24. The average Bonchev–Trinajstić information content (AvgIpc) is 2.52. The minimum absolute atomic E-state index is 0.0308. The Morgan fingerprint density at radius 2 is 1.70 bits per heavy atom. The number of benzene rings is 2. The molecule has 2 aromatic carbocycles. The molecular formula is C18H20O2. The van der Waals surface area contributed by atoms with Crippen molar-refractivity contribution in [2.45, 2.75) is 32.3 Å². The number of unbranched alkanes of at least 4 members (excludes halogenated alkanes) is 1. The van der Waals surface area contributed by atoms with Gasteiger partial charge in [0.25, 0.3) is 0 Å². The zero-order valence-electron chi connectivity index (χ0n) is 11.8. The van der Waals surface area contributed by atoms with Gasteiger partial charge in [-0.05, 0) is 12.0 Å². The van der Waals surface area contributed by atoms with Gasteiger partial charge in [-0.3, -0.25) is 4.79 Å². The van der Waals surface area contributed by atoms with Crippen LogP contribution in [0.4, 0.5) is 0 Å². The molecule has 0 fully saturated rings. The van der Waals surface area contributed by atoms with Crippen molar-refractivity contribution in [3.63, 3.8) is 0 Å². The Balaban J connectivity index is 2.30. The van der Waals surface area contributed by atoms with Gasteiger partial charge < -0.3 is 5.11 Å². The van der Waals surface area contributed by atoms with Crippen LogP contribution in [-0.4, -0.2) is 10.9 Å². The largest absolute Gasteiger partial charge is 0.388 e. The van der Waals surface area contributed by atoms with Crippen molar-refractivity contribution in [1.82, 2.24) is 0 Å². The van der Waals surface area contributed by atoms with Gasteiger partial charge in [-0.25, -0.2) is 0 Å². The van der Waals surface area contributed by atoms with Crippen LogP contribution in [0.25, 0.3) is 0 Å². The zero-order chi connectivity index (χ0) is 14.4. The van der Waals surface area contributed by atoms with Crippen molar-refractivity contribution in [2.75, 3.05) is 0 Å².